The van der Waals surface area contributed by atoms with Gasteiger partial charge in [0.2, 0.25) is 5.91 Å². The number of nitro benzene ring substituents is 1. The highest BCUT2D eigenvalue weighted by atomic mass is 32.2. The first kappa shape index (κ1) is 10.9. The minimum atomic E-state index is -0.436. The van der Waals surface area contributed by atoms with E-state index in [1.807, 2.05) is 6.26 Å². The van der Waals surface area contributed by atoms with Gasteiger partial charge >= 0.3 is 0 Å². The Bertz CT molecular complexity index is 487. The summed E-state index contributed by atoms with van der Waals surface area (Å²) in [6.45, 7) is 1.65. The molecule has 1 atom stereocenters. The van der Waals surface area contributed by atoms with Crippen molar-refractivity contribution in [3.8, 4) is 0 Å². The van der Waals surface area contributed by atoms with Crippen molar-refractivity contribution in [1.29, 1.82) is 0 Å². The summed E-state index contributed by atoms with van der Waals surface area (Å²) in [4.78, 5) is 21.9. The fourth-order valence-corrected chi connectivity index (χ4v) is 2.59. The average molecular weight is 238 g/mol. The van der Waals surface area contributed by atoms with E-state index in [0.717, 1.165) is 5.56 Å². The van der Waals surface area contributed by atoms with E-state index in [2.05, 4.69) is 5.32 Å². The zero-order valence-corrected chi connectivity index (χ0v) is 9.63. The molecule has 6 heteroatoms. The summed E-state index contributed by atoms with van der Waals surface area (Å²) in [5.74, 6) is -0.105. The third-order valence-electron chi connectivity index (χ3n) is 2.67. The van der Waals surface area contributed by atoms with Gasteiger partial charge in [-0.3, -0.25) is 14.9 Å². The number of carbonyl (C=O) groups excluding carboxylic acids is 1. The second-order valence-corrected chi connectivity index (χ2v) is 4.48. The van der Waals surface area contributed by atoms with E-state index >= 15 is 0 Å². The number of hydrogen-bond donors (Lipinski definition) is 1. The van der Waals surface area contributed by atoms with Crippen molar-refractivity contribution in [1.82, 2.24) is 0 Å². The molecule has 0 aromatic heterocycles. The maximum atomic E-state index is 11.6. The third-order valence-corrected chi connectivity index (χ3v) is 3.61. The molecule has 0 fully saturated rings. The summed E-state index contributed by atoms with van der Waals surface area (Å²) in [6, 6.07) is 3.11. The quantitative estimate of drug-likeness (QED) is 0.633. The van der Waals surface area contributed by atoms with Gasteiger partial charge in [-0.2, -0.15) is 0 Å². The Hall–Kier alpha value is -1.56. The van der Waals surface area contributed by atoms with Crippen molar-refractivity contribution in [2.24, 2.45) is 0 Å². The number of fused-ring (bicyclic) bond motifs is 1. The normalized spacial score (nSPS) is 18.1. The molecule has 1 N–H and O–H groups in total. The molecule has 1 aliphatic rings. The highest BCUT2D eigenvalue weighted by molar-refractivity contribution is 7.99. The summed E-state index contributed by atoms with van der Waals surface area (Å²) in [6.07, 6.45) is 1.84. The van der Waals surface area contributed by atoms with Crippen LogP contribution in [0, 0.1) is 17.0 Å². The number of nitrogens with one attached hydrogen (secondary N) is 1. The number of nitro groups is 1. The number of benzene rings is 1. The lowest BCUT2D eigenvalue weighted by Gasteiger charge is -2.05. The van der Waals surface area contributed by atoms with Crippen LogP contribution in [0.1, 0.15) is 16.4 Å². The van der Waals surface area contributed by atoms with Crippen LogP contribution >= 0.6 is 11.8 Å². The maximum Gasteiger partial charge on any atom is 0.274 e. The molecule has 1 aromatic carbocycles. The number of anilines is 1. The summed E-state index contributed by atoms with van der Waals surface area (Å²) in [5, 5.41) is 13.2. The van der Waals surface area contributed by atoms with Crippen molar-refractivity contribution in [3.05, 3.63) is 33.4 Å². The van der Waals surface area contributed by atoms with Crippen LogP contribution in [0.5, 0.6) is 0 Å². The highest BCUT2D eigenvalue weighted by Crippen LogP contribution is 2.42. The first-order valence-corrected chi connectivity index (χ1v) is 5.96. The van der Waals surface area contributed by atoms with E-state index in [1.54, 1.807) is 13.0 Å². The topological polar surface area (TPSA) is 72.2 Å². The lowest BCUT2D eigenvalue weighted by molar-refractivity contribution is -0.385. The van der Waals surface area contributed by atoms with Gasteiger partial charge in [0, 0.05) is 6.07 Å². The predicted molar refractivity (Wildman–Crippen MR) is 62.7 cm³/mol. The summed E-state index contributed by atoms with van der Waals surface area (Å²) in [7, 11) is 0. The monoisotopic (exact) mass is 238 g/mol. The zero-order valence-electron chi connectivity index (χ0n) is 8.81. The van der Waals surface area contributed by atoms with Crippen LogP contribution in [0.3, 0.4) is 0 Å². The smallest absolute Gasteiger partial charge is 0.274 e. The molecule has 0 bridgehead atoms. The highest BCUT2D eigenvalue weighted by Gasteiger charge is 2.33. The second kappa shape index (κ2) is 3.79. The molecule has 5 nitrogen and oxygen atoms in total. The molecule has 1 aromatic rings. The van der Waals surface area contributed by atoms with Crippen molar-refractivity contribution in [2.75, 3.05) is 11.6 Å². The number of hydrogen-bond acceptors (Lipinski definition) is 4. The largest absolute Gasteiger partial charge is 0.324 e. The first-order valence-electron chi connectivity index (χ1n) is 4.67. The standard InChI is InChI=1S/C10H10N2O3S/c1-5-7(12(14)15)4-3-6-8(5)11-10(13)9(6)16-2/h3-4,9H,1-2H3,(H,11,13). The average Bonchev–Trinajstić information content (AvgIpc) is 2.55. The van der Waals surface area contributed by atoms with Gasteiger partial charge < -0.3 is 5.32 Å². The fraction of sp³-hybridized carbons (Fsp3) is 0.300. The predicted octanol–water partition coefficient (Wildman–Crippen LogP) is 2.26. The lowest BCUT2D eigenvalue weighted by atomic mass is 10.1. The van der Waals surface area contributed by atoms with Gasteiger partial charge in [-0.15, -0.1) is 11.8 Å². The molecule has 0 saturated heterocycles. The van der Waals surface area contributed by atoms with E-state index in [-0.39, 0.29) is 16.8 Å². The van der Waals surface area contributed by atoms with Crippen molar-refractivity contribution >= 4 is 29.0 Å². The fourth-order valence-electron chi connectivity index (χ4n) is 1.87. The van der Waals surface area contributed by atoms with Crippen LogP contribution in [0.2, 0.25) is 0 Å². The van der Waals surface area contributed by atoms with Gasteiger partial charge in [-0.1, -0.05) is 0 Å². The van der Waals surface area contributed by atoms with Gasteiger partial charge in [-0.25, -0.2) is 0 Å². The van der Waals surface area contributed by atoms with E-state index in [0.29, 0.717) is 11.3 Å². The van der Waals surface area contributed by atoms with E-state index in [4.69, 9.17) is 0 Å². The Kier molecular flexibility index (Phi) is 2.59. The van der Waals surface area contributed by atoms with Crippen LogP contribution in [-0.4, -0.2) is 17.1 Å². The lowest BCUT2D eigenvalue weighted by Crippen LogP contribution is -2.08. The van der Waals surface area contributed by atoms with Crippen molar-refractivity contribution in [2.45, 2.75) is 12.2 Å². The Morgan fingerprint density at radius 2 is 2.19 bits per heavy atom. The maximum absolute atomic E-state index is 11.6. The van der Waals surface area contributed by atoms with Crippen LogP contribution in [0.25, 0.3) is 0 Å². The molecule has 16 heavy (non-hydrogen) atoms. The molecule has 2 rings (SSSR count). The van der Waals surface area contributed by atoms with E-state index in [1.165, 1.54) is 17.8 Å². The van der Waals surface area contributed by atoms with E-state index in [9.17, 15) is 14.9 Å². The molecular weight excluding hydrogens is 228 g/mol. The third kappa shape index (κ3) is 1.46. The summed E-state index contributed by atoms with van der Waals surface area (Å²) in [5.41, 5.74) is 1.99. The van der Waals surface area contributed by atoms with Crippen molar-refractivity contribution in [3.63, 3.8) is 0 Å². The molecule has 0 saturated carbocycles. The molecule has 1 amide bonds. The number of carbonyl (C=O) groups is 1. The van der Waals surface area contributed by atoms with Crippen LogP contribution < -0.4 is 5.32 Å². The van der Waals surface area contributed by atoms with Gasteiger partial charge in [0.25, 0.3) is 5.69 Å². The molecular formula is C10H10N2O3S. The van der Waals surface area contributed by atoms with Gasteiger partial charge in [-0.05, 0) is 24.8 Å². The van der Waals surface area contributed by atoms with Crippen LogP contribution in [0.15, 0.2) is 12.1 Å². The first-order chi connectivity index (χ1) is 7.56. The van der Waals surface area contributed by atoms with Crippen molar-refractivity contribution < 1.29 is 9.72 Å². The van der Waals surface area contributed by atoms with E-state index < -0.39 is 4.92 Å². The Morgan fingerprint density at radius 1 is 1.50 bits per heavy atom. The molecule has 1 heterocycles. The minimum Gasteiger partial charge on any atom is -0.324 e. The molecule has 0 radical (unpaired) electrons. The Balaban J connectivity index is 2.58. The zero-order chi connectivity index (χ0) is 11.9. The number of rotatable bonds is 2. The molecule has 84 valence electrons. The second-order valence-electron chi connectivity index (χ2n) is 3.54. The number of nitrogens with zero attached hydrogens (tertiary/aromatic N) is 1. The molecule has 1 unspecified atom stereocenters. The van der Waals surface area contributed by atoms with Gasteiger partial charge in [0.05, 0.1) is 16.2 Å². The van der Waals surface area contributed by atoms with Crippen LogP contribution in [0.4, 0.5) is 11.4 Å². The van der Waals surface area contributed by atoms with Gasteiger partial charge in [0.15, 0.2) is 0 Å². The number of thioether (sulfide) groups is 1. The molecule has 0 aliphatic carbocycles. The Labute approximate surface area is 96.4 Å². The SMILES string of the molecule is CSC1C(=O)Nc2c1ccc([N+](=O)[O-])c2C. The van der Waals surface area contributed by atoms with Gasteiger partial charge in [0.1, 0.15) is 5.25 Å². The summed E-state index contributed by atoms with van der Waals surface area (Å²) < 4.78 is 0. The number of amides is 1. The minimum absolute atomic E-state index is 0.0424. The molecule has 0 spiro atoms. The Morgan fingerprint density at radius 3 is 2.75 bits per heavy atom. The summed E-state index contributed by atoms with van der Waals surface area (Å²) >= 11 is 1.42. The van der Waals surface area contributed by atoms with Crippen LogP contribution in [-0.2, 0) is 4.79 Å². The molecule has 1 aliphatic heterocycles.